The lowest BCUT2D eigenvalue weighted by atomic mass is 10.0. The highest BCUT2D eigenvalue weighted by atomic mass is 79.9. The molecule has 18 heavy (non-hydrogen) atoms. The Morgan fingerprint density at radius 2 is 2.06 bits per heavy atom. The van der Waals surface area contributed by atoms with Gasteiger partial charge in [-0.15, -0.1) is 0 Å². The van der Waals surface area contributed by atoms with Gasteiger partial charge >= 0.3 is 0 Å². The molecule has 0 saturated carbocycles. The lowest BCUT2D eigenvalue weighted by molar-refractivity contribution is 0.102. The summed E-state index contributed by atoms with van der Waals surface area (Å²) in [5.74, 6) is -0.108. The maximum atomic E-state index is 12.2. The van der Waals surface area contributed by atoms with Crippen LogP contribution in [0.2, 0.25) is 0 Å². The van der Waals surface area contributed by atoms with Crippen molar-refractivity contribution >= 4 is 27.5 Å². The number of halogens is 1. The summed E-state index contributed by atoms with van der Waals surface area (Å²) in [5, 5.41) is 2.87. The molecule has 1 aromatic heterocycles. The SMILES string of the molecule is Cc1cccc(C(=O)Nc2ccncc2Br)c1C. The number of aromatic nitrogens is 1. The number of anilines is 1. The molecule has 1 N–H and O–H groups in total. The summed E-state index contributed by atoms with van der Waals surface area (Å²) in [5.41, 5.74) is 3.52. The molecular formula is C14H13BrN2O. The highest BCUT2D eigenvalue weighted by Gasteiger charge is 2.11. The predicted molar refractivity (Wildman–Crippen MR) is 75.8 cm³/mol. The van der Waals surface area contributed by atoms with Crippen molar-refractivity contribution in [2.24, 2.45) is 0 Å². The number of nitrogens with zero attached hydrogens (tertiary/aromatic N) is 1. The Bertz CT molecular complexity index is 596. The molecule has 1 heterocycles. The van der Waals surface area contributed by atoms with Gasteiger partial charge in [-0.05, 0) is 53.0 Å². The molecule has 0 aliphatic carbocycles. The van der Waals surface area contributed by atoms with E-state index in [9.17, 15) is 4.79 Å². The molecule has 0 fully saturated rings. The van der Waals surface area contributed by atoms with Crippen LogP contribution in [0.5, 0.6) is 0 Å². The molecule has 0 saturated heterocycles. The number of hydrogen-bond acceptors (Lipinski definition) is 2. The van der Waals surface area contributed by atoms with Gasteiger partial charge in [0.25, 0.3) is 5.91 Å². The molecule has 3 nitrogen and oxygen atoms in total. The minimum Gasteiger partial charge on any atom is -0.321 e. The second-order valence-corrected chi connectivity index (χ2v) is 4.91. The van der Waals surface area contributed by atoms with E-state index in [0.717, 1.165) is 21.3 Å². The van der Waals surface area contributed by atoms with Crippen LogP contribution in [0.25, 0.3) is 0 Å². The van der Waals surface area contributed by atoms with E-state index in [-0.39, 0.29) is 5.91 Å². The van der Waals surface area contributed by atoms with E-state index in [4.69, 9.17) is 0 Å². The van der Waals surface area contributed by atoms with Crippen LogP contribution in [-0.4, -0.2) is 10.9 Å². The van der Waals surface area contributed by atoms with Crippen LogP contribution in [0.4, 0.5) is 5.69 Å². The first-order valence-corrected chi connectivity index (χ1v) is 6.36. The number of rotatable bonds is 2. The first kappa shape index (κ1) is 12.8. The fourth-order valence-electron chi connectivity index (χ4n) is 1.66. The van der Waals surface area contributed by atoms with Gasteiger partial charge in [0.15, 0.2) is 0 Å². The zero-order chi connectivity index (χ0) is 13.1. The third kappa shape index (κ3) is 2.59. The quantitative estimate of drug-likeness (QED) is 0.919. The molecule has 1 aromatic carbocycles. The second kappa shape index (κ2) is 5.31. The van der Waals surface area contributed by atoms with Gasteiger partial charge in [0, 0.05) is 18.0 Å². The summed E-state index contributed by atoms with van der Waals surface area (Å²) in [6.45, 7) is 3.94. The third-order valence-electron chi connectivity index (χ3n) is 2.87. The van der Waals surface area contributed by atoms with E-state index in [2.05, 4.69) is 26.2 Å². The lowest BCUT2D eigenvalue weighted by Gasteiger charge is -2.10. The summed E-state index contributed by atoms with van der Waals surface area (Å²) in [6.07, 6.45) is 3.29. The molecule has 0 aliphatic heterocycles. The van der Waals surface area contributed by atoms with Crippen molar-refractivity contribution in [3.8, 4) is 0 Å². The Morgan fingerprint density at radius 3 is 2.78 bits per heavy atom. The van der Waals surface area contributed by atoms with Crippen LogP contribution in [-0.2, 0) is 0 Å². The van der Waals surface area contributed by atoms with Gasteiger partial charge in [0.2, 0.25) is 0 Å². The molecule has 4 heteroatoms. The molecule has 0 unspecified atom stereocenters. The minimum atomic E-state index is -0.108. The van der Waals surface area contributed by atoms with Crippen LogP contribution in [0.3, 0.4) is 0 Å². The summed E-state index contributed by atoms with van der Waals surface area (Å²) in [6, 6.07) is 7.47. The standard InChI is InChI=1S/C14H13BrN2O/c1-9-4-3-5-11(10(9)2)14(18)17-13-6-7-16-8-12(13)15/h3-8H,1-2H3,(H,16,17,18). The van der Waals surface area contributed by atoms with Gasteiger partial charge in [-0.2, -0.15) is 0 Å². The molecule has 92 valence electrons. The number of carbonyl (C=O) groups excluding carboxylic acids is 1. The van der Waals surface area contributed by atoms with E-state index in [1.54, 1.807) is 18.5 Å². The number of nitrogens with one attached hydrogen (secondary N) is 1. The molecule has 0 spiro atoms. The Labute approximate surface area is 114 Å². The van der Waals surface area contributed by atoms with E-state index in [1.165, 1.54) is 0 Å². The summed E-state index contributed by atoms with van der Waals surface area (Å²) < 4.78 is 0.767. The van der Waals surface area contributed by atoms with Crippen LogP contribution in [0.1, 0.15) is 21.5 Å². The van der Waals surface area contributed by atoms with Gasteiger partial charge in [0.1, 0.15) is 0 Å². The first-order valence-electron chi connectivity index (χ1n) is 5.56. The third-order valence-corrected chi connectivity index (χ3v) is 3.50. The van der Waals surface area contributed by atoms with Gasteiger partial charge in [0.05, 0.1) is 10.2 Å². The Kier molecular flexibility index (Phi) is 3.77. The fraction of sp³-hybridized carbons (Fsp3) is 0.143. The second-order valence-electron chi connectivity index (χ2n) is 4.06. The normalized spacial score (nSPS) is 10.2. The number of benzene rings is 1. The largest absolute Gasteiger partial charge is 0.321 e. The summed E-state index contributed by atoms with van der Waals surface area (Å²) in [7, 11) is 0. The maximum Gasteiger partial charge on any atom is 0.255 e. The van der Waals surface area contributed by atoms with Crippen molar-refractivity contribution in [2.75, 3.05) is 5.32 Å². The van der Waals surface area contributed by atoms with Gasteiger partial charge in [-0.1, -0.05) is 12.1 Å². The maximum absolute atomic E-state index is 12.2. The Hall–Kier alpha value is -1.68. The van der Waals surface area contributed by atoms with E-state index in [1.807, 2.05) is 32.0 Å². The summed E-state index contributed by atoms with van der Waals surface area (Å²) >= 11 is 3.35. The van der Waals surface area contributed by atoms with Gasteiger partial charge in [-0.25, -0.2) is 0 Å². The number of hydrogen-bond donors (Lipinski definition) is 1. The smallest absolute Gasteiger partial charge is 0.255 e. The number of pyridine rings is 1. The van der Waals surface area contributed by atoms with Crippen LogP contribution in [0.15, 0.2) is 41.1 Å². The molecular weight excluding hydrogens is 292 g/mol. The molecule has 0 aliphatic rings. The number of aryl methyl sites for hydroxylation is 1. The number of amides is 1. The molecule has 0 radical (unpaired) electrons. The highest BCUT2D eigenvalue weighted by molar-refractivity contribution is 9.10. The minimum absolute atomic E-state index is 0.108. The zero-order valence-corrected chi connectivity index (χ0v) is 11.8. The molecule has 2 rings (SSSR count). The van der Waals surface area contributed by atoms with Crippen molar-refractivity contribution in [3.05, 3.63) is 57.8 Å². The van der Waals surface area contributed by atoms with Gasteiger partial charge < -0.3 is 5.32 Å². The van der Waals surface area contributed by atoms with Crippen LogP contribution >= 0.6 is 15.9 Å². The van der Waals surface area contributed by atoms with Crippen molar-refractivity contribution in [1.29, 1.82) is 0 Å². The van der Waals surface area contributed by atoms with Gasteiger partial charge in [-0.3, -0.25) is 9.78 Å². The fourth-order valence-corrected chi connectivity index (χ4v) is 2.01. The van der Waals surface area contributed by atoms with Crippen LogP contribution in [0, 0.1) is 13.8 Å². The van der Waals surface area contributed by atoms with E-state index in [0.29, 0.717) is 5.56 Å². The van der Waals surface area contributed by atoms with Crippen molar-refractivity contribution in [3.63, 3.8) is 0 Å². The monoisotopic (exact) mass is 304 g/mol. The highest BCUT2D eigenvalue weighted by Crippen LogP contribution is 2.21. The molecule has 1 amide bonds. The zero-order valence-electron chi connectivity index (χ0n) is 10.2. The Morgan fingerprint density at radius 1 is 1.28 bits per heavy atom. The lowest BCUT2D eigenvalue weighted by Crippen LogP contribution is -2.14. The predicted octanol–water partition coefficient (Wildman–Crippen LogP) is 3.71. The van der Waals surface area contributed by atoms with Crippen molar-refractivity contribution < 1.29 is 4.79 Å². The molecule has 0 atom stereocenters. The topological polar surface area (TPSA) is 42.0 Å². The number of carbonyl (C=O) groups is 1. The van der Waals surface area contributed by atoms with Crippen LogP contribution < -0.4 is 5.32 Å². The Balaban J connectivity index is 2.28. The molecule has 2 aromatic rings. The van der Waals surface area contributed by atoms with Crippen molar-refractivity contribution in [2.45, 2.75) is 13.8 Å². The average molecular weight is 305 g/mol. The summed E-state index contributed by atoms with van der Waals surface area (Å²) in [4.78, 5) is 16.1. The van der Waals surface area contributed by atoms with E-state index < -0.39 is 0 Å². The van der Waals surface area contributed by atoms with Crippen molar-refractivity contribution in [1.82, 2.24) is 4.98 Å². The van der Waals surface area contributed by atoms with E-state index >= 15 is 0 Å². The average Bonchev–Trinajstić information content (AvgIpc) is 2.35. The molecule has 0 bridgehead atoms. The first-order chi connectivity index (χ1) is 8.59.